The van der Waals surface area contributed by atoms with Gasteiger partial charge in [-0.1, -0.05) is 12.8 Å². The summed E-state index contributed by atoms with van der Waals surface area (Å²) in [4.78, 5) is 2.20. The van der Waals surface area contributed by atoms with E-state index in [1.54, 1.807) is 0 Å². The van der Waals surface area contributed by atoms with Crippen LogP contribution in [0.3, 0.4) is 0 Å². The number of rotatable bonds is 4. The van der Waals surface area contributed by atoms with Gasteiger partial charge < -0.3 is 10.0 Å². The zero-order chi connectivity index (χ0) is 13.9. The molecule has 0 aromatic heterocycles. The Bertz CT molecular complexity index is 282. The second-order valence-corrected chi connectivity index (χ2v) is 5.98. The summed E-state index contributed by atoms with van der Waals surface area (Å²) in [5, 5.41) is 10.0. The van der Waals surface area contributed by atoms with Gasteiger partial charge in [0.15, 0.2) is 0 Å². The third-order valence-corrected chi connectivity index (χ3v) is 4.60. The van der Waals surface area contributed by atoms with Crippen molar-refractivity contribution in [3.8, 4) is 0 Å². The fourth-order valence-electron chi connectivity index (χ4n) is 3.68. The van der Waals surface area contributed by atoms with Crippen LogP contribution >= 0.6 is 0 Å². The molecule has 2 nitrogen and oxygen atoms in total. The minimum absolute atomic E-state index is 0.183. The summed E-state index contributed by atoms with van der Waals surface area (Å²) in [6, 6.07) is 0.305. The number of alkyl halides is 3. The van der Waals surface area contributed by atoms with Gasteiger partial charge in [-0.15, -0.1) is 0 Å². The molecule has 0 aromatic rings. The molecule has 1 aliphatic heterocycles. The maximum atomic E-state index is 12.2. The van der Waals surface area contributed by atoms with Crippen LogP contribution in [0.1, 0.15) is 51.4 Å². The molecular formula is C14H24F3NO. The number of hydrogen-bond donors (Lipinski definition) is 1. The van der Waals surface area contributed by atoms with Crippen molar-refractivity contribution in [1.82, 2.24) is 4.90 Å². The second kappa shape index (κ2) is 6.44. The van der Waals surface area contributed by atoms with Gasteiger partial charge in [-0.05, 0) is 45.2 Å². The fourth-order valence-corrected chi connectivity index (χ4v) is 3.68. The highest BCUT2D eigenvalue weighted by molar-refractivity contribution is 4.90. The molecular weight excluding hydrogens is 255 g/mol. The fraction of sp³-hybridized carbons (Fsp3) is 1.00. The van der Waals surface area contributed by atoms with Gasteiger partial charge >= 0.3 is 6.18 Å². The number of aliphatic hydroxyl groups excluding tert-OH is 1. The van der Waals surface area contributed by atoms with Crippen LogP contribution in [0.25, 0.3) is 0 Å². The lowest BCUT2D eigenvalue weighted by Gasteiger charge is -2.40. The first-order chi connectivity index (χ1) is 8.97. The van der Waals surface area contributed by atoms with Crippen LogP contribution in [-0.2, 0) is 0 Å². The number of likely N-dealkylation sites (tertiary alicyclic amines) is 1. The summed E-state index contributed by atoms with van der Waals surface area (Å²) in [5.41, 5.74) is 0. The van der Waals surface area contributed by atoms with Gasteiger partial charge in [0.1, 0.15) is 0 Å². The Balaban J connectivity index is 1.85. The highest BCUT2D eigenvalue weighted by atomic mass is 19.4. The molecule has 2 aliphatic rings. The normalized spacial score (nSPS) is 33.8. The summed E-state index contributed by atoms with van der Waals surface area (Å²) in [6.07, 6.45) is 1.40. The number of hydrogen-bond acceptors (Lipinski definition) is 2. The molecule has 1 aliphatic carbocycles. The predicted molar refractivity (Wildman–Crippen MR) is 67.8 cm³/mol. The van der Waals surface area contributed by atoms with Crippen molar-refractivity contribution in [2.75, 3.05) is 13.1 Å². The summed E-state index contributed by atoms with van der Waals surface area (Å²) in [5.74, 6) is 0.284. The van der Waals surface area contributed by atoms with Crippen molar-refractivity contribution in [3.63, 3.8) is 0 Å². The largest absolute Gasteiger partial charge is 0.393 e. The molecule has 5 heteroatoms. The van der Waals surface area contributed by atoms with Gasteiger partial charge in [0.2, 0.25) is 0 Å². The first kappa shape index (κ1) is 15.1. The summed E-state index contributed by atoms with van der Waals surface area (Å²) in [7, 11) is 0. The molecule has 0 radical (unpaired) electrons. The zero-order valence-corrected chi connectivity index (χ0v) is 11.3. The Morgan fingerprint density at radius 1 is 1.05 bits per heavy atom. The molecule has 1 N–H and O–H groups in total. The number of aliphatic hydroxyl groups is 1. The van der Waals surface area contributed by atoms with Crippen LogP contribution in [0, 0.1) is 5.92 Å². The van der Waals surface area contributed by atoms with E-state index in [0.29, 0.717) is 12.6 Å². The van der Waals surface area contributed by atoms with Crippen molar-refractivity contribution in [2.24, 2.45) is 5.92 Å². The molecule has 0 aromatic carbocycles. The molecule has 2 fully saturated rings. The lowest BCUT2D eigenvalue weighted by atomic mass is 9.87. The standard InChI is InChI=1S/C14H24F3NO/c15-14(16,17)8-4-10-18-9-2-1-6-12(18)11-5-3-7-13(11)19/h11-13,19H,1-10H2. The van der Waals surface area contributed by atoms with E-state index in [0.717, 1.165) is 45.1 Å². The van der Waals surface area contributed by atoms with E-state index in [9.17, 15) is 18.3 Å². The molecule has 112 valence electrons. The molecule has 0 spiro atoms. The van der Waals surface area contributed by atoms with Crippen molar-refractivity contribution in [3.05, 3.63) is 0 Å². The molecule has 1 saturated heterocycles. The van der Waals surface area contributed by atoms with Crippen LogP contribution in [0.4, 0.5) is 13.2 Å². The van der Waals surface area contributed by atoms with Crippen LogP contribution < -0.4 is 0 Å². The van der Waals surface area contributed by atoms with Crippen LogP contribution in [0.2, 0.25) is 0 Å². The van der Waals surface area contributed by atoms with Gasteiger partial charge in [0, 0.05) is 18.4 Å². The van der Waals surface area contributed by atoms with E-state index in [1.165, 1.54) is 0 Å². The van der Waals surface area contributed by atoms with Gasteiger partial charge in [-0.3, -0.25) is 0 Å². The average Bonchev–Trinajstić information content (AvgIpc) is 2.74. The Labute approximate surface area is 113 Å². The van der Waals surface area contributed by atoms with Crippen LogP contribution in [-0.4, -0.2) is 41.4 Å². The Kier molecular flexibility index (Phi) is 5.12. The maximum absolute atomic E-state index is 12.2. The van der Waals surface area contributed by atoms with Crippen molar-refractivity contribution in [2.45, 2.75) is 69.7 Å². The van der Waals surface area contributed by atoms with Crippen molar-refractivity contribution in [1.29, 1.82) is 0 Å². The van der Waals surface area contributed by atoms with Crippen molar-refractivity contribution < 1.29 is 18.3 Å². The average molecular weight is 279 g/mol. The van der Waals surface area contributed by atoms with E-state index in [2.05, 4.69) is 4.90 Å². The topological polar surface area (TPSA) is 23.5 Å². The highest BCUT2D eigenvalue weighted by Crippen LogP contribution is 2.35. The number of halogens is 3. The third-order valence-electron chi connectivity index (χ3n) is 4.60. The SMILES string of the molecule is OC1CCCC1C1CCCCN1CCCC(F)(F)F. The van der Waals surface area contributed by atoms with E-state index in [1.807, 2.05) is 0 Å². The molecule has 0 bridgehead atoms. The number of piperidine rings is 1. The highest BCUT2D eigenvalue weighted by Gasteiger charge is 2.37. The molecule has 2 rings (SSSR count). The first-order valence-electron chi connectivity index (χ1n) is 7.46. The summed E-state index contributed by atoms with van der Waals surface area (Å²) < 4.78 is 36.6. The minimum Gasteiger partial charge on any atom is -0.393 e. The van der Waals surface area contributed by atoms with Gasteiger partial charge in [-0.2, -0.15) is 13.2 Å². The Morgan fingerprint density at radius 3 is 2.47 bits per heavy atom. The lowest BCUT2D eigenvalue weighted by molar-refractivity contribution is -0.136. The predicted octanol–water partition coefficient (Wildman–Crippen LogP) is 3.34. The Morgan fingerprint density at radius 2 is 1.84 bits per heavy atom. The van der Waals surface area contributed by atoms with Gasteiger partial charge in [-0.25, -0.2) is 0 Å². The molecule has 3 unspecified atom stereocenters. The lowest BCUT2D eigenvalue weighted by Crippen LogP contribution is -2.46. The summed E-state index contributed by atoms with van der Waals surface area (Å²) >= 11 is 0. The smallest absolute Gasteiger partial charge is 0.389 e. The molecule has 0 amide bonds. The van der Waals surface area contributed by atoms with E-state index >= 15 is 0 Å². The monoisotopic (exact) mass is 279 g/mol. The van der Waals surface area contributed by atoms with Gasteiger partial charge in [0.25, 0.3) is 0 Å². The van der Waals surface area contributed by atoms with Crippen LogP contribution in [0.15, 0.2) is 0 Å². The van der Waals surface area contributed by atoms with Crippen LogP contribution in [0.5, 0.6) is 0 Å². The molecule has 1 saturated carbocycles. The first-order valence-corrected chi connectivity index (χ1v) is 7.46. The van der Waals surface area contributed by atoms with E-state index in [4.69, 9.17) is 0 Å². The van der Waals surface area contributed by atoms with E-state index < -0.39 is 12.6 Å². The molecule has 1 heterocycles. The van der Waals surface area contributed by atoms with Gasteiger partial charge in [0.05, 0.1) is 6.10 Å². The Hall–Kier alpha value is -0.290. The quantitative estimate of drug-likeness (QED) is 0.853. The third kappa shape index (κ3) is 4.35. The maximum Gasteiger partial charge on any atom is 0.389 e. The second-order valence-electron chi connectivity index (χ2n) is 5.98. The minimum atomic E-state index is -4.04. The number of nitrogens with zero attached hydrogens (tertiary/aromatic N) is 1. The van der Waals surface area contributed by atoms with Crippen molar-refractivity contribution >= 4 is 0 Å². The molecule has 19 heavy (non-hydrogen) atoms. The zero-order valence-electron chi connectivity index (χ0n) is 11.3. The molecule has 3 atom stereocenters. The summed E-state index contributed by atoms with van der Waals surface area (Å²) in [6.45, 7) is 1.42. The van der Waals surface area contributed by atoms with E-state index in [-0.39, 0.29) is 18.4 Å².